The summed E-state index contributed by atoms with van der Waals surface area (Å²) in [6, 6.07) is 0. The van der Waals surface area contributed by atoms with Gasteiger partial charge in [0, 0.05) is 13.6 Å². The maximum Gasteiger partial charge on any atom is 0.290 e. The number of amides is 2. The summed E-state index contributed by atoms with van der Waals surface area (Å²) in [5.41, 5.74) is 4.87. The van der Waals surface area contributed by atoms with Gasteiger partial charge in [0.15, 0.2) is 0 Å². The number of nitrogens with zero attached hydrogens (tertiary/aromatic N) is 1. The number of nitrogens with two attached hydrogens (primary N) is 1. The Balaban J connectivity index is 2.83. The predicted octanol–water partition coefficient (Wildman–Crippen LogP) is -1.87. The Morgan fingerprint density at radius 1 is 1.64 bits per heavy atom. The minimum atomic E-state index is -0.938. The van der Waals surface area contributed by atoms with E-state index >= 15 is 0 Å². The van der Waals surface area contributed by atoms with Crippen molar-refractivity contribution in [1.29, 1.82) is 0 Å². The lowest BCUT2D eigenvalue weighted by Crippen LogP contribution is -2.29. The first-order valence-electron chi connectivity index (χ1n) is 3.12. The lowest BCUT2D eigenvalue weighted by atomic mass is 10.1. The summed E-state index contributed by atoms with van der Waals surface area (Å²) in [4.78, 5) is 33.4. The first-order valence-corrected chi connectivity index (χ1v) is 3.12. The lowest BCUT2D eigenvalue weighted by Gasteiger charge is -2.04. The summed E-state index contributed by atoms with van der Waals surface area (Å²) in [7, 11) is 1.46. The van der Waals surface area contributed by atoms with Crippen molar-refractivity contribution in [1.82, 2.24) is 4.90 Å². The van der Waals surface area contributed by atoms with Crippen molar-refractivity contribution >= 4 is 17.6 Å². The summed E-state index contributed by atoms with van der Waals surface area (Å²) in [6.07, 6.45) is 0. The predicted molar refractivity (Wildman–Crippen MR) is 35.3 cm³/mol. The van der Waals surface area contributed by atoms with Crippen LogP contribution in [0.5, 0.6) is 0 Å². The monoisotopic (exact) mass is 156 g/mol. The van der Waals surface area contributed by atoms with Crippen molar-refractivity contribution in [2.75, 3.05) is 13.6 Å². The van der Waals surface area contributed by atoms with E-state index in [-0.39, 0.29) is 6.54 Å². The minimum Gasteiger partial charge on any atom is -0.369 e. The fraction of sp³-hybridized carbons (Fsp3) is 0.500. The van der Waals surface area contributed by atoms with Crippen molar-refractivity contribution in [2.45, 2.75) is 0 Å². The topological polar surface area (TPSA) is 80.5 Å². The first-order chi connectivity index (χ1) is 5.04. The Hall–Kier alpha value is -1.39. The van der Waals surface area contributed by atoms with E-state index in [1.165, 1.54) is 11.9 Å². The number of likely N-dealkylation sites (tertiary alicyclic amines) is 1. The molecule has 2 N–H and O–H groups in total. The van der Waals surface area contributed by atoms with Gasteiger partial charge in [-0.25, -0.2) is 0 Å². The number of carbonyl (C=O) groups excluding carboxylic acids is 3. The van der Waals surface area contributed by atoms with Crippen LogP contribution in [0, 0.1) is 5.92 Å². The maximum absolute atomic E-state index is 10.9. The number of likely N-dealkylation sites (N-methyl/N-ethyl adjacent to an activating group) is 1. The van der Waals surface area contributed by atoms with Crippen LogP contribution < -0.4 is 5.73 Å². The molecule has 0 radical (unpaired) electrons. The van der Waals surface area contributed by atoms with E-state index in [0.717, 1.165) is 0 Å². The van der Waals surface area contributed by atoms with Crippen molar-refractivity contribution < 1.29 is 14.4 Å². The van der Waals surface area contributed by atoms with E-state index in [1.54, 1.807) is 0 Å². The molecule has 1 atom stereocenters. The van der Waals surface area contributed by atoms with Gasteiger partial charge < -0.3 is 10.6 Å². The van der Waals surface area contributed by atoms with Crippen molar-refractivity contribution in [3.05, 3.63) is 0 Å². The number of primary amides is 1. The van der Waals surface area contributed by atoms with Crippen LogP contribution in [0.4, 0.5) is 0 Å². The molecule has 0 aromatic heterocycles. The molecule has 0 aromatic rings. The Labute approximate surface area is 63.1 Å². The Morgan fingerprint density at radius 3 is 2.36 bits per heavy atom. The molecule has 0 saturated carbocycles. The number of carbonyl (C=O) groups is 3. The van der Waals surface area contributed by atoms with E-state index in [1.807, 2.05) is 0 Å². The number of Topliss-reactive ketones (excluding diaryl/α,β-unsaturated/α-hetero) is 1. The fourth-order valence-corrected chi connectivity index (χ4v) is 0.996. The van der Waals surface area contributed by atoms with Crippen LogP contribution in [0.2, 0.25) is 0 Å². The Bertz CT molecular complexity index is 236. The third-order valence-corrected chi connectivity index (χ3v) is 1.67. The van der Waals surface area contributed by atoms with E-state index < -0.39 is 23.5 Å². The third-order valence-electron chi connectivity index (χ3n) is 1.67. The molecule has 5 heteroatoms. The van der Waals surface area contributed by atoms with Crippen LogP contribution in [0.25, 0.3) is 0 Å². The number of hydrogen-bond acceptors (Lipinski definition) is 3. The van der Waals surface area contributed by atoms with E-state index in [9.17, 15) is 14.4 Å². The molecule has 0 bridgehead atoms. The van der Waals surface area contributed by atoms with Gasteiger partial charge in [-0.15, -0.1) is 0 Å². The van der Waals surface area contributed by atoms with Crippen LogP contribution in [0.15, 0.2) is 0 Å². The lowest BCUT2D eigenvalue weighted by molar-refractivity contribution is -0.141. The van der Waals surface area contributed by atoms with Gasteiger partial charge in [-0.05, 0) is 0 Å². The molecule has 2 amide bonds. The summed E-state index contributed by atoms with van der Waals surface area (Å²) in [5.74, 6) is -2.99. The molecule has 60 valence electrons. The molecular weight excluding hydrogens is 148 g/mol. The molecule has 0 aromatic carbocycles. The van der Waals surface area contributed by atoms with Crippen LogP contribution in [0.3, 0.4) is 0 Å². The smallest absolute Gasteiger partial charge is 0.290 e. The van der Waals surface area contributed by atoms with Gasteiger partial charge in [0.1, 0.15) is 5.92 Å². The molecule has 1 unspecified atom stereocenters. The van der Waals surface area contributed by atoms with E-state index in [0.29, 0.717) is 0 Å². The fourth-order valence-electron chi connectivity index (χ4n) is 0.996. The van der Waals surface area contributed by atoms with Gasteiger partial charge in [0.25, 0.3) is 5.91 Å². The Kier molecular flexibility index (Phi) is 1.64. The van der Waals surface area contributed by atoms with Crippen molar-refractivity contribution in [3.63, 3.8) is 0 Å². The average Bonchev–Trinajstić information content (AvgIpc) is 2.17. The van der Waals surface area contributed by atoms with Crippen LogP contribution in [0.1, 0.15) is 0 Å². The molecule has 1 rings (SSSR count). The van der Waals surface area contributed by atoms with Gasteiger partial charge in [0.2, 0.25) is 11.7 Å². The summed E-state index contributed by atoms with van der Waals surface area (Å²) in [6.45, 7) is 0.118. The van der Waals surface area contributed by atoms with Crippen molar-refractivity contribution in [2.24, 2.45) is 11.7 Å². The van der Waals surface area contributed by atoms with Crippen LogP contribution >= 0.6 is 0 Å². The number of hydrogen-bond donors (Lipinski definition) is 1. The highest BCUT2D eigenvalue weighted by molar-refractivity contribution is 6.42. The molecule has 5 nitrogen and oxygen atoms in total. The molecule has 1 saturated heterocycles. The zero-order chi connectivity index (χ0) is 8.59. The second-order valence-electron chi connectivity index (χ2n) is 2.50. The quantitative estimate of drug-likeness (QED) is 0.356. The Morgan fingerprint density at radius 2 is 2.18 bits per heavy atom. The van der Waals surface area contributed by atoms with Gasteiger partial charge in [-0.3, -0.25) is 14.4 Å². The highest BCUT2D eigenvalue weighted by Gasteiger charge is 2.40. The number of rotatable bonds is 1. The van der Waals surface area contributed by atoms with Crippen LogP contribution in [-0.4, -0.2) is 36.1 Å². The summed E-state index contributed by atoms with van der Waals surface area (Å²) < 4.78 is 0. The molecule has 1 aliphatic rings. The standard InChI is InChI=1S/C6H8N2O3/c1-8-2-3(5(7)10)4(9)6(8)11/h3H,2H2,1H3,(H2,7,10). The second-order valence-corrected chi connectivity index (χ2v) is 2.50. The summed E-state index contributed by atoms with van der Waals surface area (Å²) >= 11 is 0. The normalized spacial score (nSPS) is 24.5. The van der Waals surface area contributed by atoms with Crippen LogP contribution in [-0.2, 0) is 14.4 Å². The van der Waals surface area contributed by atoms with Gasteiger partial charge in [-0.2, -0.15) is 0 Å². The minimum absolute atomic E-state index is 0.118. The van der Waals surface area contributed by atoms with E-state index in [2.05, 4.69) is 0 Å². The number of ketones is 1. The zero-order valence-electron chi connectivity index (χ0n) is 6.03. The second kappa shape index (κ2) is 2.34. The molecule has 1 aliphatic heterocycles. The zero-order valence-corrected chi connectivity index (χ0v) is 6.03. The largest absolute Gasteiger partial charge is 0.369 e. The third kappa shape index (κ3) is 1.09. The van der Waals surface area contributed by atoms with Gasteiger partial charge >= 0.3 is 0 Å². The van der Waals surface area contributed by atoms with Crippen molar-refractivity contribution in [3.8, 4) is 0 Å². The molecule has 0 spiro atoms. The first kappa shape index (κ1) is 7.71. The molecule has 0 aliphatic carbocycles. The highest BCUT2D eigenvalue weighted by Crippen LogP contribution is 2.10. The van der Waals surface area contributed by atoms with E-state index in [4.69, 9.17) is 5.73 Å². The molecular formula is C6H8N2O3. The average molecular weight is 156 g/mol. The van der Waals surface area contributed by atoms with Gasteiger partial charge in [-0.1, -0.05) is 0 Å². The molecule has 1 fully saturated rings. The summed E-state index contributed by atoms with van der Waals surface area (Å²) in [5, 5.41) is 0. The molecule has 1 heterocycles. The highest BCUT2D eigenvalue weighted by atomic mass is 16.2. The SMILES string of the molecule is CN1CC(C(N)=O)C(=O)C1=O. The molecule has 11 heavy (non-hydrogen) atoms. The van der Waals surface area contributed by atoms with Gasteiger partial charge in [0.05, 0.1) is 0 Å². The maximum atomic E-state index is 10.9.